The molecule has 0 saturated carbocycles. The molecule has 0 spiro atoms. The quantitative estimate of drug-likeness (QED) is 0.172. The van der Waals surface area contributed by atoms with Crippen molar-refractivity contribution >= 4 is 87.1 Å². The van der Waals surface area contributed by atoms with Crippen LogP contribution in [0.15, 0.2) is 199 Å². The van der Waals surface area contributed by atoms with Crippen molar-refractivity contribution in [1.29, 1.82) is 0 Å². The number of para-hydroxylation sites is 4. The van der Waals surface area contributed by atoms with Crippen molar-refractivity contribution in [3.05, 3.63) is 228 Å². The molecule has 13 aromatic rings. The third-order valence-electron chi connectivity index (χ3n) is 15.2. The second-order valence-electron chi connectivity index (χ2n) is 17.4. The van der Waals surface area contributed by atoms with Gasteiger partial charge in [0, 0.05) is 43.1 Å². The molecule has 0 bridgehead atoms. The van der Waals surface area contributed by atoms with Crippen LogP contribution in [-0.4, -0.2) is 9.13 Å². The first-order chi connectivity index (χ1) is 30.3. The molecule has 0 atom stereocenters. The molecular formula is C58H32N2O. The first-order valence-electron chi connectivity index (χ1n) is 21.4. The molecule has 0 unspecified atom stereocenters. The molecule has 3 aromatic heterocycles. The smallest absolute Gasteiger partial charge is 0.135 e. The van der Waals surface area contributed by atoms with Crippen LogP contribution in [0.5, 0.6) is 0 Å². The van der Waals surface area contributed by atoms with Crippen LogP contribution in [-0.2, 0) is 10.8 Å². The van der Waals surface area contributed by atoms with Gasteiger partial charge < -0.3 is 13.6 Å². The lowest BCUT2D eigenvalue weighted by molar-refractivity contribution is 0.469. The van der Waals surface area contributed by atoms with E-state index in [-0.39, 0.29) is 0 Å². The maximum atomic E-state index is 6.79. The molecule has 10 aromatic carbocycles. The minimum Gasteiger partial charge on any atom is -0.456 e. The van der Waals surface area contributed by atoms with Crippen molar-refractivity contribution in [2.24, 2.45) is 0 Å². The number of rotatable bonds is 2. The van der Waals surface area contributed by atoms with E-state index in [0.717, 1.165) is 11.2 Å². The van der Waals surface area contributed by atoms with E-state index in [1.165, 1.54) is 121 Å². The Kier molecular flexibility index (Phi) is 5.24. The lowest BCUT2D eigenvalue weighted by atomic mass is 9.51. The predicted molar refractivity (Wildman–Crippen MR) is 250 cm³/mol. The van der Waals surface area contributed by atoms with Crippen molar-refractivity contribution in [2.75, 3.05) is 0 Å². The highest BCUT2D eigenvalue weighted by molar-refractivity contribution is 6.20. The van der Waals surface area contributed by atoms with Gasteiger partial charge >= 0.3 is 0 Å². The fourth-order valence-corrected chi connectivity index (χ4v) is 13.4. The van der Waals surface area contributed by atoms with Crippen LogP contribution in [0.3, 0.4) is 0 Å². The average Bonchev–Trinajstić information content (AvgIpc) is 4.09. The van der Waals surface area contributed by atoms with Crippen molar-refractivity contribution in [2.45, 2.75) is 10.8 Å². The maximum Gasteiger partial charge on any atom is 0.135 e. The zero-order valence-electron chi connectivity index (χ0n) is 32.8. The Morgan fingerprint density at radius 3 is 0.967 bits per heavy atom. The van der Waals surface area contributed by atoms with Gasteiger partial charge in [0.2, 0.25) is 0 Å². The van der Waals surface area contributed by atoms with Gasteiger partial charge in [-0.2, -0.15) is 0 Å². The van der Waals surface area contributed by atoms with Gasteiger partial charge in [-0.05, 0) is 92.7 Å². The van der Waals surface area contributed by atoms with E-state index in [2.05, 4.69) is 203 Å². The number of hydrogen-bond donors (Lipinski definition) is 0. The van der Waals surface area contributed by atoms with Crippen LogP contribution in [0, 0.1) is 0 Å². The van der Waals surface area contributed by atoms with E-state index < -0.39 is 10.8 Å². The Balaban J connectivity index is 1.11. The third kappa shape index (κ3) is 3.17. The molecule has 3 aliphatic rings. The molecule has 3 heteroatoms. The molecule has 0 radical (unpaired) electrons. The molecule has 0 fully saturated rings. The molecule has 0 N–H and O–H groups in total. The van der Waals surface area contributed by atoms with Crippen molar-refractivity contribution in [3.63, 3.8) is 0 Å². The Hall–Kier alpha value is -7.88. The summed E-state index contributed by atoms with van der Waals surface area (Å²) in [5, 5.41) is 12.8. The molecule has 0 aliphatic heterocycles. The van der Waals surface area contributed by atoms with E-state index in [9.17, 15) is 0 Å². The molecule has 3 nitrogen and oxygen atoms in total. The van der Waals surface area contributed by atoms with Crippen molar-refractivity contribution < 1.29 is 4.42 Å². The number of benzene rings is 10. The van der Waals surface area contributed by atoms with E-state index in [4.69, 9.17) is 4.42 Å². The highest BCUT2D eigenvalue weighted by Crippen LogP contribution is 2.75. The number of fused-ring (bicyclic) bond motifs is 6. The highest BCUT2D eigenvalue weighted by atomic mass is 16.3. The number of nitrogens with zero attached hydrogens (tertiary/aromatic N) is 2. The number of hydrogen-bond acceptors (Lipinski definition) is 1. The monoisotopic (exact) mass is 772 g/mol. The third-order valence-corrected chi connectivity index (χ3v) is 15.2. The van der Waals surface area contributed by atoms with Gasteiger partial charge in [0.1, 0.15) is 11.2 Å². The molecule has 3 aliphatic carbocycles. The highest BCUT2D eigenvalue weighted by Gasteiger charge is 2.69. The summed E-state index contributed by atoms with van der Waals surface area (Å²) in [4.78, 5) is 0. The summed E-state index contributed by atoms with van der Waals surface area (Å²) in [6, 6.07) is 73.2. The van der Waals surface area contributed by atoms with E-state index in [1.807, 2.05) is 0 Å². The van der Waals surface area contributed by atoms with Crippen molar-refractivity contribution in [1.82, 2.24) is 9.13 Å². The minimum atomic E-state index is -0.569. The van der Waals surface area contributed by atoms with Crippen LogP contribution in [0.2, 0.25) is 0 Å². The molecule has 0 saturated heterocycles. The van der Waals surface area contributed by atoms with Gasteiger partial charge in [-0.15, -0.1) is 0 Å². The minimum absolute atomic E-state index is 0.569. The summed E-state index contributed by atoms with van der Waals surface area (Å²) in [6.07, 6.45) is 0. The average molecular weight is 773 g/mol. The van der Waals surface area contributed by atoms with Crippen LogP contribution < -0.4 is 0 Å². The Labute approximate surface area is 348 Å². The van der Waals surface area contributed by atoms with Crippen LogP contribution in [0.1, 0.15) is 33.4 Å². The first kappa shape index (κ1) is 31.1. The predicted octanol–water partition coefficient (Wildman–Crippen LogP) is 14.4. The van der Waals surface area contributed by atoms with Gasteiger partial charge in [-0.25, -0.2) is 0 Å². The lowest BCUT2D eigenvalue weighted by Gasteiger charge is -2.48. The summed E-state index contributed by atoms with van der Waals surface area (Å²) < 4.78 is 11.8. The van der Waals surface area contributed by atoms with Gasteiger partial charge in [-0.3, -0.25) is 0 Å². The first-order valence-corrected chi connectivity index (χ1v) is 21.4. The molecule has 280 valence electrons. The largest absolute Gasteiger partial charge is 0.456 e. The Morgan fingerprint density at radius 1 is 0.262 bits per heavy atom. The van der Waals surface area contributed by atoms with E-state index in [0.29, 0.717) is 0 Å². The van der Waals surface area contributed by atoms with E-state index in [1.54, 1.807) is 0 Å². The molecule has 3 heterocycles. The topological polar surface area (TPSA) is 23.0 Å². The van der Waals surface area contributed by atoms with Crippen LogP contribution >= 0.6 is 0 Å². The molecule has 16 rings (SSSR count). The summed E-state index contributed by atoms with van der Waals surface area (Å²) in [5.74, 6) is 0. The second kappa shape index (κ2) is 10.3. The second-order valence-corrected chi connectivity index (χ2v) is 17.4. The number of aromatic nitrogens is 2. The summed E-state index contributed by atoms with van der Waals surface area (Å²) in [7, 11) is 0. The summed E-state index contributed by atoms with van der Waals surface area (Å²) >= 11 is 0. The van der Waals surface area contributed by atoms with E-state index >= 15 is 0 Å². The molecule has 0 amide bonds. The number of furan rings is 1. The summed E-state index contributed by atoms with van der Waals surface area (Å²) in [6.45, 7) is 0. The zero-order chi connectivity index (χ0) is 39.3. The normalized spacial score (nSPS) is 18.3. The fraction of sp³-hybridized carbons (Fsp3) is 0.0345. The fourth-order valence-electron chi connectivity index (χ4n) is 13.4. The summed E-state index contributed by atoms with van der Waals surface area (Å²) in [5.41, 5.74) is 16.2. The van der Waals surface area contributed by atoms with Crippen molar-refractivity contribution in [3.8, 4) is 11.4 Å². The van der Waals surface area contributed by atoms with Crippen LogP contribution in [0.4, 0.5) is 0 Å². The van der Waals surface area contributed by atoms with Gasteiger partial charge in [0.05, 0.1) is 44.3 Å². The SMILES string of the molecule is c1cc2c3c(c1)oc1cccc(c13)C13c4ccc(-n5c6ccccc6c6ccccc65)c5cccc(c45)C21c1cccc2c(-n4c5ccccc5c5ccccc54)ccc3c12. The Morgan fingerprint density at radius 2 is 0.574 bits per heavy atom. The molecular weight excluding hydrogens is 741 g/mol. The lowest BCUT2D eigenvalue weighted by Crippen LogP contribution is -2.47. The van der Waals surface area contributed by atoms with Gasteiger partial charge in [0.25, 0.3) is 0 Å². The maximum absolute atomic E-state index is 6.79. The van der Waals surface area contributed by atoms with Gasteiger partial charge in [0.15, 0.2) is 0 Å². The molecule has 61 heavy (non-hydrogen) atoms. The Bertz CT molecular complexity index is 3800. The van der Waals surface area contributed by atoms with Gasteiger partial charge in [-0.1, -0.05) is 146 Å². The standard InChI is InChI=1S/C58H32N2O/c1-5-23-45-33(13-1)34-14-2-6-24-46(34)59(45)49-31-29-43-53-37(49)17-9-19-39(53)57-40-20-10-18-38-50(60-47-25-7-3-15-35(47)36-16-4-8-26-48(36)60)32-30-44(54(38)40)58(43,57)42-22-12-28-52-56(42)55-41(57)21-11-27-51(55)61-52/h1-32H. The zero-order valence-corrected chi connectivity index (χ0v) is 32.8. The van der Waals surface area contributed by atoms with Crippen LogP contribution in [0.25, 0.3) is 98.5 Å².